The maximum atomic E-state index is 12.1. The van der Waals surface area contributed by atoms with Gasteiger partial charge in [-0.2, -0.15) is 0 Å². The van der Waals surface area contributed by atoms with E-state index in [0.717, 1.165) is 5.56 Å². The van der Waals surface area contributed by atoms with E-state index >= 15 is 0 Å². The molecule has 3 heteroatoms. The largest absolute Gasteiger partial charge is 0.496 e. The fraction of sp³-hybridized carbons (Fsp3) is 0.500. The lowest BCUT2D eigenvalue weighted by Crippen LogP contribution is -2.15. The zero-order valence-electron chi connectivity index (χ0n) is 10.8. The third-order valence-corrected chi connectivity index (χ3v) is 3.31. The van der Waals surface area contributed by atoms with Crippen LogP contribution in [0.4, 0.5) is 0 Å². The zero-order valence-corrected chi connectivity index (χ0v) is 11.5. The van der Waals surface area contributed by atoms with E-state index in [9.17, 15) is 4.79 Å². The second kappa shape index (κ2) is 6.06. The van der Waals surface area contributed by atoms with Crippen LogP contribution in [0.15, 0.2) is 18.2 Å². The van der Waals surface area contributed by atoms with Gasteiger partial charge in [0.15, 0.2) is 5.78 Å². The van der Waals surface area contributed by atoms with Gasteiger partial charge in [0, 0.05) is 0 Å². The summed E-state index contributed by atoms with van der Waals surface area (Å²) in [4.78, 5) is 12.1. The van der Waals surface area contributed by atoms with Gasteiger partial charge in [-0.1, -0.05) is 26.8 Å². The first kappa shape index (κ1) is 14.0. The number of benzene rings is 1. The topological polar surface area (TPSA) is 26.3 Å². The maximum absolute atomic E-state index is 12.1. The lowest BCUT2D eigenvalue weighted by atomic mass is 9.97. The third-order valence-electron chi connectivity index (χ3n) is 2.80. The predicted molar refractivity (Wildman–Crippen MR) is 71.3 cm³/mol. The molecule has 0 aliphatic heterocycles. The van der Waals surface area contributed by atoms with Gasteiger partial charge in [-0.3, -0.25) is 4.79 Å². The number of alkyl halides is 1. The highest BCUT2D eigenvalue weighted by atomic mass is 35.5. The Kier molecular flexibility index (Phi) is 5.01. The zero-order chi connectivity index (χ0) is 13.0. The average Bonchev–Trinajstić information content (AvgIpc) is 2.35. The number of ether oxygens (including phenoxy) is 1. The Morgan fingerprint density at radius 1 is 1.41 bits per heavy atom. The van der Waals surface area contributed by atoms with E-state index in [4.69, 9.17) is 16.3 Å². The van der Waals surface area contributed by atoms with Gasteiger partial charge < -0.3 is 4.74 Å². The quantitative estimate of drug-likeness (QED) is 0.586. The van der Waals surface area contributed by atoms with Crippen molar-refractivity contribution in [3.8, 4) is 5.75 Å². The molecule has 0 aliphatic carbocycles. The molecular formula is C14H19ClO2. The summed E-state index contributed by atoms with van der Waals surface area (Å²) in [6.45, 7) is 6.08. The molecule has 1 aromatic rings. The Bertz CT molecular complexity index is 399. The van der Waals surface area contributed by atoms with Gasteiger partial charge in [0.05, 0.1) is 18.1 Å². The molecular weight excluding hydrogens is 236 g/mol. The highest BCUT2D eigenvalue weighted by Crippen LogP contribution is 2.26. The van der Waals surface area contributed by atoms with Crippen LogP contribution in [0.3, 0.4) is 0 Å². The molecule has 17 heavy (non-hydrogen) atoms. The summed E-state index contributed by atoms with van der Waals surface area (Å²) < 4.78 is 5.22. The van der Waals surface area contributed by atoms with E-state index in [2.05, 4.69) is 13.8 Å². The Labute approximate surface area is 108 Å². The van der Waals surface area contributed by atoms with Crippen LogP contribution in [0.1, 0.15) is 49.0 Å². The molecule has 0 fully saturated rings. The first-order valence-corrected chi connectivity index (χ1v) is 6.31. The second-order valence-electron chi connectivity index (χ2n) is 4.35. The van der Waals surface area contributed by atoms with Crippen molar-refractivity contribution < 1.29 is 9.53 Å². The van der Waals surface area contributed by atoms with Crippen molar-refractivity contribution in [2.45, 2.75) is 38.5 Å². The van der Waals surface area contributed by atoms with Crippen molar-refractivity contribution in [2.24, 2.45) is 0 Å². The lowest BCUT2D eigenvalue weighted by Gasteiger charge is -2.13. The highest BCUT2D eigenvalue weighted by molar-refractivity contribution is 6.34. The smallest absolute Gasteiger partial charge is 0.184 e. The minimum atomic E-state index is -0.480. The number of carbonyl (C=O) groups excluding carboxylic acids is 1. The van der Waals surface area contributed by atoms with Crippen LogP contribution in [0.2, 0.25) is 0 Å². The summed E-state index contributed by atoms with van der Waals surface area (Å²) in [5, 5.41) is -0.480. The Hall–Kier alpha value is -1.02. The van der Waals surface area contributed by atoms with E-state index in [-0.39, 0.29) is 5.78 Å². The highest BCUT2D eigenvalue weighted by Gasteiger charge is 2.20. The summed E-state index contributed by atoms with van der Waals surface area (Å²) in [6, 6.07) is 5.70. The van der Waals surface area contributed by atoms with E-state index in [1.54, 1.807) is 7.11 Å². The molecule has 0 aliphatic rings. The van der Waals surface area contributed by atoms with E-state index < -0.39 is 5.38 Å². The van der Waals surface area contributed by atoms with Gasteiger partial charge in [-0.25, -0.2) is 0 Å². The summed E-state index contributed by atoms with van der Waals surface area (Å²) in [7, 11) is 1.57. The molecule has 1 atom stereocenters. The Morgan fingerprint density at radius 3 is 2.53 bits per heavy atom. The monoisotopic (exact) mass is 254 g/mol. The molecule has 0 amide bonds. The molecule has 0 heterocycles. The minimum absolute atomic E-state index is 0.0616. The number of methoxy groups -OCH3 is 1. The summed E-state index contributed by atoms with van der Waals surface area (Å²) in [6.07, 6.45) is 0.620. The number of hydrogen-bond acceptors (Lipinski definition) is 2. The van der Waals surface area contributed by atoms with Gasteiger partial charge in [0.1, 0.15) is 5.75 Å². The molecule has 0 spiro atoms. The van der Waals surface area contributed by atoms with Crippen LogP contribution >= 0.6 is 11.6 Å². The van der Waals surface area contributed by atoms with Gasteiger partial charge in [-0.05, 0) is 30.0 Å². The van der Waals surface area contributed by atoms with Crippen LogP contribution in [0.5, 0.6) is 5.75 Å². The summed E-state index contributed by atoms with van der Waals surface area (Å²) in [5.74, 6) is 0.912. The molecule has 0 radical (unpaired) electrons. The lowest BCUT2D eigenvalue weighted by molar-refractivity contribution is 0.0982. The number of hydrogen-bond donors (Lipinski definition) is 0. The standard InChI is InChI=1S/C14H19ClO2/c1-5-12(15)14(16)11-8-10(9(2)3)6-7-13(11)17-4/h6-9,12H,5H2,1-4H3. The van der Waals surface area contributed by atoms with Crippen molar-refractivity contribution in [2.75, 3.05) is 7.11 Å². The van der Waals surface area contributed by atoms with Crippen LogP contribution < -0.4 is 4.74 Å². The molecule has 0 saturated carbocycles. The molecule has 1 unspecified atom stereocenters. The van der Waals surface area contributed by atoms with E-state index in [1.807, 2.05) is 25.1 Å². The van der Waals surface area contributed by atoms with Crippen LogP contribution in [-0.4, -0.2) is 18.3 Å². The van der Waals surface area contributed by atoms with Crippen LogP contribution in [-0.2, 0) is 0 Å². The molecule has 0 saturated heterocycles. The number of halogens is 1. The average molecular weight is 255 g/mol. The number of rotatable bonds is 5. The normalized spacial score (nSPS) is 12.6. The third kappa shape index (κ3) is 3.22. The van der Waals surface area contributed by atoms with Gasteiger partial charge in [-0.15, -0.1) is 11.6 Å². The fourth-order valence-electron chi connectivity index (χ4n) is 1.63. The van der Waals surface area contributed by atoms with Crippen molar-refractivity contribution >= 4 is 17.4 Å². The van der Waals surface area contributed by atoms with Crippen molar-refractivity contribution in [1.82, 2.24) is 0 Å². The molecule has 0 bridgehead atoms. The van der Waals surface area contributed by atoms with Gasteiger partial charge in [0.25, 0.3) is 0 Å². The van der Waals surface area contributed by atoms with Gasteiger partial charge >= 0.3 is 0 Å². The van der Waals surface area contributed by atoms with Crippen LogP contribution in [0.25, 0.3) is 0 Å². The molecule has 1 rings (SSSR count). The van der Waals surface area contributed by atoms with Crippen molar-refractivity contribution in [3.05, 3.63) is 29.3 Å². The molecule has 94 valence electrons. The van der Waals surface area contributed by atoms with Crippen LogP contribution in [0, 0.1) is 0 Å². The number of ketones is 1. The number of carbonyl (C=O) groups is 1. The second-order valence-corrected chi connectivity index (χ2v) is 4.88. The fourth-order valence-corrected chi connectivity index (χ4v) is 1.75. The van der Waals surface area contributed by atoms with Gasteiger partial charge in [0.2, 0.25) is 0 Å². The van der Waals surface area contributed by atoms with Crippen molar-refractivity contribution in [3.63, 3.8) is 0 Å². The Morgan fingerprint density at radius 2 is 2.06 bits per heavy atom. The van der Waals surface area contributed by atoms with E-state index in [0.29, 0.717) is 23.7 Å². The molecule has 0 aromatic heterocycles. The minimum Gasteiger partial charge on any atom is -0.496 e. The maximum Gasteiger partial charge on any atom is 0.184 e. The molecule has 2 nitrogen and oxygen atoms in total. The summed E-state index contributed by atoms with van der Waals surface area (Å²) in [5.41, 5.74) is 1.70. The van der Waals surface area contributed by atoms with E-state index in [1.165, 1.54) is 0 Å². The predicted octanol–water partition coefficient (Wildman–Crippen LogP) is 4.02. The first-order valence-electron chi connectivity index (χ1n) is 5.87. The summed E-state index contributed by atoms with van der Waals surface area (Å²) >= 11 is 6.01. The number of Topliss-reactive ketones (excluding diaryl/α,β-unsaturated/α-hetero) is 1. The molecule has 1 aromatic carbocycles. The Balaban J connectivity index is 3.18. The SMILES string of the molecule is CCC(Cl)C(=O)c1cc(C(C)C)ccc1OC. The molecule has 0 N–H and O–H groups in total. The van der Waals surface area contributed by atoms with Crippen molar-refractivity contribution in [1.29, 1.82) is 0 Å². The first-order chi connectivity index (χ1) is 8.01.